The average molecular weight is 402 g/mol. The Morgan fingerprint density at radius 3 is 2.59 bits per heavy atom. The number of hydrogen-bond donors (Lipinski definition) is 0. The number of anilines is 1. The summed E-state index contributed by atoms with van der Waals surface area (Å²) < 4.78 is 58.5. The van der Waals surface area contributed by atoms with E-state index < -0.39 is 17.6 Å². The van der Waals surface area contributed by atoms with Gasteiger partial charge in [-0.15, -0.1) is 0 Å². The van der Waals surface area contributed by atoms with Crippen LogP contribution in [0.15, 0.2) is 48.8 Å². The molecule has 1 aromatic carbocycles. The molecule has 2 aliphatic heterocycles. The summed E-state index contributed by atoms with van der Waals surface area (Å²) in [5.74, 6) is -0.0361. The molecule has 1 aromatic heterocycles. The highest BCUT2D eigenvalue weighted by atomic mass is 19.4. The fourth-order valence-corrected chi connectivity index (χ4v) is 4.31. The lowest BCUT2D eigenvalue weighted by Gasteiger charge is -2.41. The first-order valence-electron chi connectivity index (χ1n) is 9.17. The number of allylic oxidation sites excluding steroid dienone is 2. The molecule has 1 aliphatic carbocycles. The highest BCUT2D eigenvalue weighted by Crippen LogP contribution is 2.48. The Balaban J connectivity index is 1.46. The van der Waals surface area contributed by atoms with Crippen LogP contribution in [0.1, 0.15) is 5.56 Å². The molecule has 3 heterocycles. The van der Waals surface area contributed by atoms with E-state index in [0.29, 0.717) is 25.7 Å². The maximum Gasteiger partial charge on any atom is 0.416 e. The third kappa shape index (κ3) is 2.93. The second-order valence-electron chi connectivity index (χ2n) is 7.66. The Hall–Kier alpha value is -2.74. The summed E-state index contributed by atoms with van der Waals surface area (Å²) in [7, 11) is 0. The molecule has 5 rings (SSSR count). The third-order valence-corrected chi connectivity index (χ3v) is 5.87. The molecule has 0 amide bonds. The summed E-state index contributed by atoms with van der Waals surface area (Å²) in [6.07, 6.45) is 7.29. The minimum atomic E-state index is -4.55. The number of ether oxygens (including phenoxy) is 1. The lowest BCUT2D eigenvalue weighted by Crippen LogP contribution is -2.48. The number of aromatic nitrogens is 2. The van der Waals surface area contributed by atoms with Crippen LogP contribution < -0.4 is 4.90 Å². The van der Waals surface area contributed by atoms with Crippen LogP contribution in [0.3, 0.4) is 0 Å². The fourth-order valence-electron chi connectivity index (χ4n) is 4.31. The molecule has 0 bridgehead atoms. The summed E-state index contributed by atoms with van der Waals surface area (Å²) in [5, 5.41) is 0. The molecular weight excluding hydrogens is 386 g/mol. The van der Waals surface area contributed by atoms with Crippen LogP contribution in [0.4, 0.5) is 23.5 Å². The number of rotatable bonds is 2. The minimum absolute atomic E-state index is 0.00888. The normalized spacial score (nSPS) is 24.6. The monoisotopic (exact) mass is 402 g/mol. The van der Waals surface area contributed by atoms with Gasteiger partial charge in [-0.05, 0) is 24.3 Å². The van der Waals surface area contributed by atoms with Gasteiger partial charge >= 0.3 is 6.18 Å². The van der Waals surface area contributed by atoms with Gasteiger partial charge in [-0.25, -0.2) is 14.4 Å². The number of hydrogen-bond acceptors (Lipinski definition) is 4. The molecule has 2 atom stereocenters. The summed E-state index contributed by atoms with van der Waals surface area (Å²) in [6, 6.07) is 2.36. The number of halogens is 4. The van der Waals surface area contributed by atoms with Gasteiger partial charge in [0, 0.05) is 41.4 Å². The quantitative estimate of drug-likeness (QED) is 0.711. The van der Waals surface area contributed by atoms with Gasteiger partial charge in [0.15, 0.2) is 0 Å². The van der Waals surface area contributed by atoms with Crippen LogP contribution in [-0.4, -0.2) is 35.8 Å². The van der Waals surface area contributed by atoms with Crippen molar-refractivity contribution in [1.82, 2.24) is 9.97 Å². The zero-order valence-corrected chi connectivity index (χ0v) is 15.2. The Kier molecular flexibility index (Phi) is 4.03. The van der Waals surface area contributed by atoms with E-state index in [4.69, 9.17) is 4.74 Å². The first-order chi connectivity index (χ1) is 13.9. The zero-order chi connectivity index (χ0) is 20.2. The predicted octanol–water partition coefficient (Wildman–Crippen LogP) is 4.05. The molecule has 2 saturated heterocycles. The molecule has 2 fully saturated rings. The SMILES string of the molecule is Fc1ccc(C(F)(F)F)cc1-c1cnc(N2CC3(COC3)C3C=C[C]=CC32)nc1. The smallest absolute Gasteiger partial charge is 0.380 e. The van der Waals surface area contributed by atoms with Gasteiger partial charge in [-0.3, -0.25) is 0 Å². The standard InChI is InChI=1S/C21H16F4N3O/c22-17-6-5-14(21(23,24)25)7-15(17)13-8-26-19(27-9-13)28-10-20(11-29-12-20)16-3-1-2-4-18(16)28/h1,3-9,16,18H,10-12H2. The number of alkyl halides is 3. The summed E-state index contributed by atoms with van der Waals surface area (Å²) in [4.78, 5) is 10.7. The van der Waals surface area contributed by atoms with Crippen molar-refractivity contribution >= 4 is 5.95 Å². The van der Waals surface area contributed by atoms with Crippen LogP contribution in [-0.2, 0) is 10.9 Å². The van der Waals surface area contributed by atoms with E-state index in [1.54, 1.807) is 0 Å². The molecule has 8 heteroatoms. The Morgan fingerprint density at radius 2 is 1.93 bits per heavy atom. The summed E-state index contributed by atoms with van der Waals surface area (Å²) >= 11 is 0. The molecule has 149 valence electrons. The molecule has 2 unspecified atom stereocenters. The van der Waals surface area contributed by atoms with Crippen molar-refractivity contribution in [2.24, 2.45) is 11.3 Å². The molecule has 1 spiro atoms. The van der Waals surface area contributed by atoms with Crippen molar-refractivity contribution in [1.29, 1.82) is 0 Å². The highest BCUT2D eigenvalue weighted by Gasteiger charge is 2.56. The van der Waals surface area contributed by atoms with Crippen LogP contribution in [0, 0.1) is 23.2 Å². The number of benzene rings is 1. The van der Waals surface area contributed by atoms with E-state index in [-0.39, 0.29) is 28.5 Å². The second kappa shape index (κ2) is 6.38. The van der Waals surface area contributed by atoms with Crippen LogP contribution in [0.25, 0.3) is 11.1 Å². The zero-order valence-electron chi connectivity index (χ0n) is 15.2. The minimum Gasteiger partial charge on any atom is -0.380 e. The molecule has 1 radical (unpaired) electrons. The van der Waals surface area contributed by atoms with Crippen molar-refractivity contribution in [2.75, 3.05) is 24.7 Å². The average Bonchev–Trinajstić information content (AvgIpc) is 3.04. The summed E-state index contributed by atoms with van der Waals surface area (Å²) in [5.41, 5.74) is -0.889. The second-order valence-corrected chi connectivity index (χ2v) is 7.66. The lowest BCUT2D eigenvalue weighted by molar-refractivity contribution is -0.137. The van der Waals surface area contributed by atoms with E-state index in [1.807, 2.05) is 12.2 Å². The molecule has 29 heavy (non-hydrogen) atoms. The maximum atomic E-state index is 14.2. The van der Waals surface area contributed by atoms with Gasteiger partial charge < -0.3 is 9.64 Å². The van der Waals surface area contributed by atoms with E-state index in [1.165, 1.54) is 12.4 Å². The molecule has 0 N–H and O–H groups in total. The van der Waals surface area contributed by atoms with Crippen molar-refractivity contribution in [2.45, 2.75) is 12.2 Å². The lowest BCUT2D eigenvalue weighted by atomic mass is 9.72. The van der Waals surface area contributed by atoms with E-state index in [2.05, 4.69) is 27.0 Å². The van der Waals surface area contributed by atoms with Gasteiger partial charge in [0.1, 0.15) is 5.82 Å². The van der Waals surface area contributed by atoms with Crippen molar-refractivity contribution in [3.8, 4) is 11.1 Å². The molecule has 4 nitrogen and oxygen atoms in total. The van der Waals surface area contributed by atoms with Crippen LogP contribution in [0.5, 0.6) is 0 Å². The van der Waals surface area contributed by atoms with Crippen LogP contribution >= 0.6 is 0 Å². The Bertz CT molecular complexity index is 996. The van der Waals surface area contributed by atoms with Crippen molar-refractivity contribution < 1.29 is 22.3 Å². The number of fused-ring (bicyclic) bond motifs is 2. The van der Waals surface area contributed by atoms with Gasteiger partial charge in [0.05, 0.1) is 24.8 Å². The van der Waals surface area contributed by atoms with Gasteiger partial charge in [-0.1, -0.05) is 18.2 Å². The first kappa shape index (κ1) is 18.3. The summed E-state index contributed by atoms with van der Waals surface area (Å²) in [6.45, 7) is 2.04. The Labute approximate surface area is 164 Å². The van der Waals surface area contributed by atoms with Gasteiger partial charge in [0.25, 0.3) is 0 Å². The Morgan fingerprint density at radius 1 is 1.17 bits per heavy atom. The largest absolute Gasteiger partial charge is 0.416 e. The first-order valence-corrected chi connectivity index (χ1v) is 9.17. The molecule has 2 aromatic rings. The number of nitrogens with zero attached hydrogens (tertiary/aromatic N) is 3. The fraction of sp³-hybridized carbons (Fsp3) is 0.333. The predicted molar refractivity (Wildman–Crippen MR) is 97.3 cm³/mol. The van der Waals surface area contributed by atoms with E-state index in [9.17, 15) is 17.6 Å². The van der Waals surface area contributed by atoms with E-state index >= 15 is 0 Å². The third-order valence-electron chi connectivity index (χ3n) is 5.87. The van der Waals surface area contributed by atoms with Gasteiger partial charge in [-0.2, -0.15) is 13.2 Å². The van der Waals surface area contributed by atoms with Crippen LogP contribution in [0.2, 0.25) is 0 Å². The van der Waals surface area contributed by atoms with Crippen molar-refractivity contribution in [3.05, 3.63) is 66.3 Å². The molecule has 3 aliphatic rings. The molecular formula is C21H16F4N3O. The highest BCUT2D eigenvalue weighted by molar-refractivity contribution is 5.64. The van der Waals surface area contributed by atoms with E-state index in [0.717, 1.165) is 18.2 Å². The maximum absolute atomic E-state index is 14.2. The topological polar surface area (TPSA) is 38.2 Å². The van der Waals surface area contributed by atoms with Gasteiger partial charge in [0.2, 0.25) is 5.95 Å². The molecule has 0 saturated carbocycles. The van der Waals surface area contributed by atoms with Crippen molar-refractivity contribution in [3.63, 3.8) is 0 Å².